The van der Waals surface area contributed by atoms with E-state index < -0.39 is 35.8 Å². The number of nitrogens with one attached hydrogen (secondary N) is 3. The van der Waals surface area contributed by atoms with E-state index in [4.69, 9.17) is 4.74 Å². The zero-order valence-corrected chi connectivity index (χ0v) is 34.5. The van der Waals surface area contributed by atoms with Gasteiger partial charge >= 0.3 is 0 Å². The number of hydrogen-bond donors (Lipinski definition) is 3. The fourth-order valence-electron chi connectivity index (χ4n) is 10.5. The second-order valence-corrected chi connectivity index (χ2v) is 17.4. The number of piperazine rings is 1. The summed E-state index contributed by atoms with van der Waals surface area (Å²) in [5.41, 5.74) is 5.54. The van der Waals surface area contributed by atoms with Crippen LogP contribution in [0.5, 0.6) is 0 Å². The summed E-state index contributed by atoms with van der Waals surface area (Å²) in [6.07, 6.45) is 3.78. The molecule has 3 aromatic carbocycles. The van der Waals surface area contributed by atoms with Gasteiger partial charge in [-0.05, 0) is 86.1 Å². The van der Waals surface area contributed by atoms with E-state index in [1.165, 1.54) is 7.11 Å². The highest BCUT2D eigenvalue weighted by Gasteiger charge is 2.46. The first-order valence-corrected chi connectivity index (χ1v) is 21.6. The van der Waals surface area contributed by atoms with Gasteiger partial charge in [0.2, 0.25) is 11.8 Å². The van der Waals surface area contributed by atoms with E-state index in [1.807, 2.05) is 66.7 Å². The molecule has 4 unspecified atom stereocenters. The van der Waals surface area contributed by atoms with Crippen molar-refractivity contribution in [3.8, 4) is 0 Å². The van der Waals surface area contributed by atoms with Crippen LogP contribution in [-0.2, 0) is 32.2 Å². The van der Waals surface area contributed by atoms with Crippen molar-refractivity contribution < 1.29 is 33.5 Å². The second kappa shape index (κ2) is 16.1. The molecule has 4 atom stereocenters. The molecule has 62 heavy (non-hydrogen) atoms. The first-order chi connectivity index (χ1) is 30.1. The molecule has 6 aliphatic rings. The number of fused-ring (bicyclic) bond motifs is 4. The van der Waals surface area contributed by atoms with Gasteiger partial charge in [0.1, 0.15) is 6.04 Å². The van der Waals surface area contributed by atoms with Crippen LogP contribution in [0.4, 0.5) is 17.2 Å². The van der Waals surface area contributed by atoms with Crippen LogP contribution in [0.2, 0.25) is 0 Å². The van der Waals surface area contributed by atoms with Crippen LogP contribution in [0.3, 0.4) is 0 Å². The number of likely N-dealkylation sites (tertiary alicyclic amines) is 1. The van der Waals surface area contributed by atoms with Crippen LogP contribution < -0.4 is 20.4 Å². The summed E-state index contributed by atoms with van der Waals surface area (Å²) in [5, 5.41) is 12.5. The normalized spacial score (nSPS) is 23.1. The van der Waals surface area contributed by atoms with Gasteiger partial charge in [-0.2, -0.15) is 5.10 Å². The average Bonchev–Trinajstić information content (AvgIpc) is 4.01. The number of nitrogens with zero attached hydrogens (tertiary/aromatic N) is 6. The van der Waals surface area contributed by atoms with Crippen molar-refractivity contribution in [1.29, 1.82) is 0 Å². The van der Waals surface area contributed by atoms with Gasteiger partial charge in [0, 0.05) is 80.8 Å². The number of aromatic nitrogens is 2. The summed E-state index contributed by atoms with van der Waals surface area (Å²) in [6.45, 7) is 5.45. The number of anilines is 3. The molecule has 320 valence electrons. The van der Waals surface area contributed by atoms with E-state index >= 15 is 0 Å². The van der Waals surface area contributed by atoms with Crippen molar-refractivity contribution in [3.05, 3.63) is 106 Å². The van der Waals surface area contributed by atoms with Gasteiger partial charge in [-0.15, -0.1) is 0 Å². The van der Waals surface area contributed by atoms with Crippen LogP contribution in [0.15, 0.2) is 72.8 Å². The standard InChI is InChI=1S/C46H49N9O7/c1-62-40(28-5-3-2-4-6-28)46(61)53-25-36-37(26-53)49-50-41(36)48-42(57)29-7-9-30(10-8-29)52-19-17-27(18-20-52)22-51-23-32-11-12-33(24-51)54(32)31-13-14-34-35(21-31)45(60)55(44(34)59)38-15-16-39(56)47-43(38)58/h2-10,13-14,21,27,32-33,38,40H,11-12,15-20,22-26H2,1H3,(H,47,56,58)(H2,48,49,50,57). The van der Waals surface area contributed by atoms with Gasteiger partial charge in [-0.1, -0.05) is 30.3 Å². The average molecular weight is 840 g/mol. The van der Waals surface area contributed by atoms with E-state index in [0.29, 0.717) is 53.6 Å². The van der Waals surface area contributed by atoms with Gasteiger partial charge in [0.15, 0.2) is 11.9 Å². The van der Waals surface area contributed by atoms with E-state index in [2.05, 4.69) is 35.5 Å². The third-order valence-corrected chi connectivity index (χ3v) is 13.7. The lowest BCUT2D eigenvalue weighted by Crippen LogP contribution is -2.55. The summed E-state index contributed by atoms with van der Waals surface area (Å²) in [6, 6.07) is 22.2. The minimum absolute atomic E-state index is 0.0907. The Morgan fingerprint density at radius 2 is 1.55 bits per heavy atom. The Balaban J connectivity index is 0.702. The fraction of sp³-hybridized carbons (Fsp3) is 0.413. The summed E-state index contributed by atoms with van der Waals surface area (Å²) in [4.78, 5) is 87.9. The van der Waals surface area contributed by atoms with Gasteiger partial charge in [-0.25, -0.2) is 0 Å². The number of benzene rings is 3. The predicted molar refractivity (Wildman–Crippen MR) is 227 cm³/mol. The van der Waals surface area contributed by atoms with Crippen molar-refractivity contribution in [2.75, 3.05) is 55.0 Å². The fourth-order valence-corrected chi connectivity index (χ4v) is 10.5. The molecule has 6 aliphatic heterocycles. The zero-order valence-electron chi connectivity index (χ0n) is 34.5. The number of carbonyl (C=O) groups excluding carboxylic acids is 6. The Kier molecular flexibility index (Phi) is 10.3. The Morgan fingerprint density at radius 1 is 0.839 bits per heavy atom. The molecule has 4 saturated heterocycles. The maximum atomic E-state index is 13.5. The van der Waals surface area contributed by atoms with Crippen LogP contribution >= 0.6 is 0 Å². The highest BCUT2D eigenvalue weighted by Crippen LogP contribution is 2.39. The summed E-state index contributed by atoms with van der Waals surface area (Å²) < 4.78 is 5.56. The first kappa shape index (κ1) is 39.7. The Morgan fingerprint density at radius 3 is 2.26 bits per heavy atom. The number of amides is 6. The van der Waals surface area contributed by atoms with Gasteiger partial charge in [-0.3, -0.25) is 49.0 Å². The molecule has 2 bridgehead atoms. The largest absolute Gasteiger partial charge is 0.372 e. The first-order valence-electron chi connectivity index (χ1n) is 21.6. The second-order valence-electron chi connectivity index (χ2n) is 17.4. The van der Waals surface area contributed by atoms with Crippen molar-refractivity contribution >= 4 is 52.6 Å². The molecule has 4 fully saturated rings. The van der Waals surface area contributed by atoms with Gasteiger partial charge < -0.3 is 24.8 Å². The number of H-pyrrole nitrogens is 1. The lowest BCUT2D eigenvalue weighted by Gasteiger charge is -2.44. The molecule has 4 aromatic rings. The molecule has 3 N–H and O–H groups in total. The maximum Gasteiger partial charge on any atom is 0.262 e. The molecule has 0 aliphatic carbocycles. The topological polar surface area (TPSA) is 181 Å². The highest BCUT2D eigenvalue weighted by atomic mass is 16.5. The molecular weight excluding hydrogens is 791 g/mol. The smallest absolute Gasteiger partial charge is 0.262 e. The van der Waals surface area contributed by atoms with Crippen LogP contribution in [0.1, 0.15) is 92.5 Å². The van der Waals surface area contributed by atoms with E-state index in [1.54, 1.807) is 11.0 Å². The number of carbonyl (C=O) groups is 6. The number of aromatic amines is 1. The Labute approximate surface area is 358 Å². The number of rotatable bonds is 10. The van der Waals surface area contributed by atoms with Crippen LogP contribution in [-0.4, -0.2) is 118 Å². The van der Waals surface area contributed by atoms with Gasteiger partial charge in [0.25, 0.3) is 23.6 Å². The van der Waals surface area contributed by atoms with E-state index in [0.717, 1.165) is 91.5 Å². The van der Waals surface area contributed by atoms with Gasteiger partial charge in [0.05, 0.1) is 29.9 Å². The molecule has 0 radical (unpaired) electrons. The minimum Gasteiger partial charge on any atom is -0.372 e. The number of piperidine rings is 2. The third-order valence-electron chi connectivity index (χ3n) is 13.7. The number of imide groups is 2. The van der Waals surface area contributed by atoms with Crippen molar-refractivity contribution in [2.45, 2.75) is 75.8 Å². The molecule has 0 spiro atoms. The van der Waals surface area contributed by atoms with Crippen LogP contribution in [0.25, 0.3) is 0 Å². The molecule has 10 rings (SSSR count). The number of ether oxygens (including phenoxy) is 1. The predicted octanol–water partition coefficient (Wildman–Crippen LogP) is 3.86. The van der Waals surface area contributed by atoms with Crippen molar-refractivity contribution in [1.82, 2.24) is 30.2 Å². The summed E-state index contributed by atoms with van der Waals surface area (Å²) in [5.74, 6) is -1.37. The Hall–Kier alpha value is -6.39. The lowest BCUT2D eigenvalue weighted by molar-refractivity contribution is -0.143. The molecule has 16 nitrogen and oxygen atoms in total. The quantitative estimate of drug-likeness (QED) is 0.198. The minimum atomic E-state index is -0.977. The third kappa shape index (κ3) is 7.19. The molecule has 16 heteroatoms. The maximum absolute atomic E-state index is 13.5. The van der Waals surface area contributed by atoms with Crippen LogP contribution in [0, 0.1) is 5.92 Å². The highest BCUT2D eigenvalue weighted by molar-refractivity contribution is 6.23. The van der Waals surface area contributed by atoms with E-state index in [-0.39, 0.29) is 24.7 Å². The molecule has 0 saturated carbocycles. The number of methoxy groups -OCH3 is 1. The monoisotopic (exact) mass is 839 g/mol. The zero-order chi connectivity index (χ0) is 42.6. The lowest BCUT2D eigenvalue weighted by atomic mass is 9.95. The molecule has 1 aromatic heterocycles. The SMILES string of the molecule is COC(C(=O)N1Cc2[nH]nc(NC(=O)c3ccc(N4CCC(CN5CC6CCC(C5)N6c5ccc6c(c5)C(=O)N(C5CCC(=O)NC5=O)C6=O)CC4)cc3)c2C1)c1ccccc1. The molecular formula is C46H49N9O7. The summed E-state index contributed by atoms with van der Waals surface area (Å²) >= 11 is 0. The molecule has 6 amide bonds. The molecule has 7 heterocycles. The Bertz CT molecular complexity index is 2430. The number of hydrogen-bond acceptors (Lipinski definition) is 11. The van der Waals surface area contributed by atoms with Crippen molar-refractivity contribution in [2.24, 2.45) is 5.92 Å². The van der Waals surface area contributed by atoms with E-state index in [9.17, 15) is 28.8 Å². The van der Waals surface area contributed by atoms with Crippen molar-refractivity contribution in [3.63, 3.8) is 0 Å². The summed E-state index contributed by atoms with van der Waals surface area (Å²) in [7, 11) is 1.53.